The van der Waals surface area contributed by atoms with E-state index in [1.165, 1.54) is 6.92 Å². The maximum absolute atomic E-state index is 12.5. The van der Waals surface area contributed by atoms with E-state index in [0.29, 0.717) is 28.0 Å². The van der Waals surface area contributed by atoms with Crippen molar-refractivity contribution in [1.82, 2.24) is 9.88 Å². The van der Waals surface area contributed by atoms with Crippen LogP contribution in [-0.4, -0.2) is 34.8 Å². The number of piperidine rings is 1. The van der Waals surface area contributed by atoms with Crippen LogP contribution in [0.2, 0.25) is 10.0 Å². The highest BCUT2D eigenvalue weighted by Gasteiger charge is 2.27. The van der Waals surface area contributed by atoms with E-state index in [4.69, 9.17) is 23.2 Å². The summed E-state index contributed by atoms with van der Waals surface area (Å²) in [7, 11) is 0. The van der Waals surface area contributed by atoms with Gasteiger partial charge in [0, 0.05) is 30.6 Å². The summed E-state index contributed by atoms with van der Waals surface area (Å²) in [6, 6.07) is 8.82. The summed E-state index contributed by atoms with van der Waals surface area (Å²) in [6.07, 6.45) is 3.22. The zero-order valence-electron chi connectivity index (χ0n) is 14.3. The van der Waals surface area contributed by atoms with E-state index < -0.39 is 0 Å². The Morgan fingerprint density at radius 1 is 1.23 bits per heavy atom. The third-order valence-electron chi connectivity index (χ3n) is 4.48. The fourth-order valence-corrected chi connectivity index (χ4v) is 3.55. The van der Waals surface area contributed by atoms with Gasteiger partial charge in [-0.2, -0.15) is 0 Å². The van der Waals surface area contributed by atoms with E-state index in [2.05, 4.69) is 10.3 Å². The smallest absolute Gasteiger partial charge is 0.229 e. The number of rotatable bonds is 3. The molecule has 0 aliphatic carbocycles. The molecule has 26 heavy (non-hydrogen) atoms. The summed E-state index contributed by atoms with van der Waals surface area (Å²) in [4.78, 5) is 30.1. The highest BCUT2D eigenvalue weighted by Crippen LogP contribution is 2.29. The molecular weight excluding hydrogens is 373 g/mol. The monoisotopic (exact) mass is 391 g/mol. The predicted octanol–water partition coefficient (Wildman–Crippen LogP) is 4.25. The number of nitrogens with zero attached hydrogens (tertiary/aromatic N) is 2. The molecule has 1 fully saturated rings. The number of likely N-dealkylation sites (tertiary alicyclic amines) is 1. The van der Waals surface area contributed by atoms with Gasteiger partial charge in [-0.1, -0.05) is 23.2 Å². The molecule has 7 heteroatoms. The Labute approximate surface area is 162 Å². The van der Waals surface area contributed by atoms with Crippen LogP contribution in [0.5, 0.6) is 0 Å². The van der Waals surface area contributed by atoms with E-state index in [9.17, 15) is 9.59 Å². The minimum atomic E-state index is -0.196. The Balaban J connectivity index is 1.67. The lowest BCUT2D eigenvalue weighted by molar-refractivity contribution is -0.132. The summed E-state index contributed by atoms with van der Waals surface area (Å²) in [5.74, 6) is -0.276. The van der Waals surface area contributed by atoms with Crippen LogP contribution < -0.4 is 5.32 Å². The van der Waals surface area contributed by atoms with Gasteiger partial charge >= 0.3 is 0 Å². The van der Waals surface area contributed by atoms with E-state index in [-0.39, 0.29) is 17.7 Å². The first-order valence-electron chi connectivity index (χ1n) is 8.42. The summed E-state index contributed by atoms with van der Waals surface area (Å²) in [6.45, 7) is 2.72. The summed E-state index contributed by atoms with van der Waals surface area (Å²) in [5.41, 5.74) is 2.09. The number of aromatic nitrogens is 1. The van der Waals surface area contributed by atoms with Crippen molar-refractivity contribution in [1.29, 1.82) is 0 Å². The molecule has 0 saturated carbocycles. The molecule has 2 aromatic rings. The quantitative estimate of drug-likeness (QED) is 0.850. The summed E-state index contributed by atoms with van der Waals surface area (Å²) < 4.78 is 0. The molecule has 0 bridgehead atoms. The molecule has 0 spiro atoms. The van der Waals surface area contributed by atoms with Gasteiger partial charge in [0.1, 0.15) is 0 Å². The highest BCUT2D eigenvalue weighted by molar-refractivity contribution is 6.36. The molecule has 2 heterocycles. The number of pyridine rings is 1. The average Bonchev–Trinajstić information content (AvgIpc) is 2.63. The third kappa shape index (κ3) is 4.34. The summed E-state index contributed by atoms with van der Waals surface area (Å²) in [5, 5.41) is 3.97. The molecule has 3 rings (SSSR count). The van der Waals surface area contributed by atoms with Crippen molar-refractivity contribution in [3.05, 3.63) is 46.6 Å². The molecule has 1 unspecified atom stereocenters. The number of anilines is 1. The first-order chi connectivity index (χ1) is 12.4. The van der Waals surface area contributed by atoms with Crippen molar-refractivity contribution in [2.45, 2.75) is 19.8 Å². The van der Waals surface area contributed by atoms with Gasteiger partial charge in [0.05, 0.1) is 28.5 Å². The molecule has 5 nitrogen and oxygen atoms in total. The zero-order valence-corrected chi connectivity index (χ0v) is 15.8. The Morgan fingerprint density at radius 2 is 2.04 bits per heavy atom. The number of nitrogens with one attached hydrogen (secondary N) is 1. The Morgan fingerprint density at radius 3 is 2.69 bits per heavy atom. The molecule has 1 aliphatic heterocycles. The summed E-state index contributed by atoms with van der Waals surface area (Å²) >= 11 is 12.1. The van der Waals surface area contributed by atoms with Crippen LogP contribution in [-0.2, 0) is 9.59 Å². The third-order valence-corrected chi connectivity index (χ3v) is 5.02. The van der Waals surface area contributed by atoms with Crippen LogP contribution in [0, 0.1) is 5.92 Å². The minimum absolute atomic E-state index is 0.00774. The fourth-order valence-electron chi connectivity index (χ4n) is 3.05. The molecule has 0 radical (unpaired) electrons. The zero-order chi connectivity index (χ0) is 18.7. The van der Waals surface area contributed by atoms with Gasteiger partial charge in [-0.05, 0) is 43.2 Å². The first kappa shape index (κ1) is 18.7. The predicted molar refractivity (Wildman–Crippen MR) is 103 cm³/mol. The number of carbonyl (C=O) groups excluding carboxylic acids is 2. The van der Waals surface area contributed by atoms with Crippen molar-refractivity contribution >= 4 is 40.7 Å². The molecule has 1 aromatic heterocycles. The lowest BCUT2D eigenvalue weighted by Crippen LogP contribution is -2.42. The van der Waals surface area contributed by atoms with Gasteiger partial charge in [-0.25, -0.2) is 0 Å². The van der Waals surface area contributed by atoms with Crippen LogP contribution in [0.4, 0.5) is 5.69 Å². The van der Waals surface area contributed by atoms with Gasteiger partial charge in [0.15, 0.2) is 0 Å². The largest absolute Gasteiger partial charge is 0.342 e. The van der Waals surface area contributed by atoms with Crippen molar-refractivity contribution in [2.24, 2.45) is 5.92 Å². The Kier molecular flexibility index (Phi) is 5.79. The fraction of sp³-hybridized carbons (Fsp3) is 0.316. The van der Waals surface area contributed by atoms with E-state index >= 15 is 0 Å². The van der Waals surface area contributed by atoms with Gasteiger partial charge in [-0.15, -0.1) is 0 Å². The molecule has 136 valence electrons. The Hall–Kier alpha value is -2.11. The SMILES string of the molecule is CC(=O)N1CCCC(C(=O)Nc2ccc(-c3ccc(Cl)cc3Cl)nc2)C1. The lowest BCUT2D eigenvalue weighted by atomic mass is 9.97. The number of carbonyl (C=O) groups is 2. The molecule has 1 aliphatic rings. The van der Waals surface area contributed by atoms with Crippen molar-refractivity contribution < 1.29 is 9.59 Å². The number of amides is 2. The standard InChI is InChI=1S/C19H19Cl2N3O2/c1-12(25)24-8-2-3-13(11-24)19(26)23-15-5-7-18(22-10-15)16-6-4-14(20)9-17(16)21/h4-7,9-10,13H,2-3,8,11H2,1H3,(H,23,26). The number of halogens is 2. The van der Waals surface area contributed by atoms with Crippen molar-refractivity contribution in [3.8, 4) is 11.3 Å². The second kappa shape index (κ2) is 8.06. The number of benzene rings is 1. The van der Waals surface area contributed by atoms with E-state index in [0.717, 1.165) is 24.9 Å². The normalized spacial score (nSPS) is 17.0. The highest BCUT2D eigenvalue weighted by atomic mass is 35.5. The van der Waals surface area contributed by atoms with Crippen LogP contribution in [0.1, 0.15) is 19.8 Å². The van der Waals surface area contributed by atoms with Gasteiger partial charge in [-0.3, -0.25) is 14.6 Å². The average molecular weight is 392 g/mol. The molecule has 1 saturated heterocycles. The maximum atomic E-state index is 12.5. The molecule has 1 atom stereocenters. The molecule has 1 aromatic carbocycles. The second-order valence-corrected chi connectivity index (χ2v) is 7.19. The molecule has 2 amide bonds. The van der Waals surface area contributed by atoms with Gasteiger partial charge in [0.2, 0.25) is 11.8 Å². The maximum Gasteiger partial charge on any atom is 0.229 e. The molecule has 1 N–H and O–H groups in total. The van der Waals surface area contributed by atoms with Crippen LogP contribution in [0.3, 0.4) is 0 Å². The molecular formula is C19H19Cl2N3O2. The topological polar surface area (TPSA) is 62.3 Å². The minimum Gasteiger partial charge on any atom is -0.342 e. The van der Waals surface area contributed by atoms with Crippen molar-refractivity contribution in [2.75, 3.05) is 18.4 Å². The van der Waals surface area contributed by atoms with E-state index in [1.54, 1.807) is 35.4 Å². The van der Waals surface area contributed by atoms with Crippen molar-refractivity contribution in [3.63, 3.8) is 0 Å². The van der Waals surface area contributed by atoms with Crippen LogP contribution >= 0.6 is 23.2 Å². The van der Waals surface area contributed by atoms with Crippen LogP contribution in [0.15, 0.2) is 36.5 Å². The first-order valence-corrected chi connectivity index (χ1v) is 9.17. The second-order valence-electron chi connectivity index (χ2n) is 6.35. The van der Waals surface area contributed by atoms with Gasteiger partial charge in [0.25, 0.3) is 0 Å². The number of hydrogen-bond donors (Lipinski definition) is 1. The van der Waals surface area contributed by atoms with Crippen LogP contribution in [0.25, 0.3) is 11.3 Å². The van der Waals surface area contributed by atoms with Gasteiger partial charge < -0.3 is 10.2 Å². The Bertz CT molecular complexity index is 824. The van der Waals surface area contributed by atoms with E-state index in [1.807, 2.05) is 6.07 Å². The lowest BCUT2D eigenvalue weighted by Gasteiger charge is -2.31. The number of hydrogen-bond acceptors (Lipinski definition) is 3.